The number of ether oxygens (including phenoxy) is 1. The number of halogens is 1. The third kappa shape index (κ3) is 3.32. The van der Waals surface area contributed by atoms with E-state index in [1.165, 1.54) is 0 Å². The predicted octanol–water partition coefficient (Wildman–Crippen LogP) is 1.54. The van der Waals surface area contributed by atoms with Gasteiger partial charge in [0.2, 0.25) is 0 Å². The molecule has 5 nitrogen and oxygen atoms in total. The normalized spacial score (nSPS) is 15.1. The lowest BCUT2D eigenvalue weighted by Gasteiger charge is -2.28. The van der Waals surface area contributed by atoms with E-state index in [9.17, 15) is 0 Å². The Morgan fingerprint density at radius 1 is 1.50 bits per heavy atom. The van der Waals surface area contributed by atoms with Gasteiger partial charge in [-0.25, -0.2) is 0 Å². The minimum atomic E-state index is 0.0566. The first-order valence-corrected chi connectivity index (χ1v) is 6.88. The van der Waals surface area contributed by atoms with Gasteiger partial charge in [-0.15, -0.1) is 0 Å². The van der Waals surface area contributed by atoms with Gasteiger partial charge in [-0.05, 0) is 28.8 Å². The van der Waals surface area contributed by atoms with Gasteiger partial charge in [-0.3, -0.25) is 16.0 Å². The number of nitrogens with one attached hydrogen (secondary N) is 1. The second-order valence-electron chi connectivity index (χ2n) is 4.89. The van der Waals surface area contributed by atoms with E-state index in [2.05, 4.69) is 40.3 Å². The van der Waals surface area contributed by atoms with Crippen LogP contribution in [0.3, 0.4) is 0 Å². The second-order valence-corrected chi connectivity index (χ2v) is 5.68. The van der Waals surface area contributed by atoms with E-state index in [0.29, 0.717) is 5.92 Å². The number of hydrogen-bond donors (Lipinski definition) is 2. The van der Waals surface area contributed by atoms with E-state index in [1.807, 2.05) is 18.7 Å². The van der Waals surface area contributed by atoms with Crippen molar-refractivity contribution in [3.63, 3.8) is 0 Å². The molecule has 0 fully saturated rings. The van der Waals surface area contributed by atoms with Gasteiger partial charge in [0.1, 0.15) is 0 Å². The van der Waals surface area contributed by atoms with Gasteiger partial charge in [-0.1, -0.05) is 13.8 Å². The first-order chi connectivity index (χ1) is 8.42. The van der Waals surface area contributed by atoms with Crippen LogP contribution in [0.25, 0.3) is 0 Å². The quantitative estimate of drug-likeness (QED) is 0.617. The van der Waals surface area contributed by atoms with Crippen molar-refractivity contribution in [1.29, 1.82) is 0 Å². The molecule has 3 N–H and O–H groups in total. The van der Waals surface area contributed by atoms with Crippen molar-refractivity contribution < 1.29 is 4.74 Å². The Balaban J connectivity index is 2.92. The highest BCUT2D eigenvalue weighted by atomic mass is 79.9. The zero-order valence-corrected chi connectivity index (χ0v) is 13.3. The number of rotatable bonds is 6. The van der Waals surface area contributed by atoms with Crippen LogP contribution in [0.2, 0.25) is 0 Å². The third-order valence-electron chi connectivity index (χ3n) is 3.21. The Morgan fingerprint density at radius 2 is 2.11 bits per heavy atom. The molecule has 0 radical (unpaired) electrons. The smallest absolute Gasteiger partial charge is 0.0764 e. The molecule has 0 amide bonds. The fourth-order valence-electron chi connectivity index (χ4n) is 2.28. The van der Waals surface area contributed by atoms with Gasteiger partial charge in [0.05, 0.1) is 28.0 Å². The van der Waals surface area contributed by atoms with Crippen molar-refractivity contribution in [2.75, 3.05) is 7.11 Å². The Morgan fingerprint density at radius 3 is 2.44 bits per heavy atom. The number of hydrogen-bond acceptors (Lipinski definition) is 4. The molecule has 0 aliphatic rings. The maximum absolute atomic E-state index is 5.67. The summed E-state index contributed by atoms with van der Waals surface area (Å²) in [6, 6.07) is 0.0566. The monoisotopic (exact) mass is 318 g/mol. The summed E-state index contributed by atoms with van der Waals surface area (Å²) in [5.41, 5.74) is 4.97. The van der Waals surface area contributed by atoms with Crippen LogP contribution in [-0.2, 0) is 18.2 Å². The van der Waals surface area contributed by atoms with Gasteiger partial charge in [-0.2, -0.15) is 5.10 Å². The SMILES string of the molecule is COC(C(C)C)C(Cc1c(Br)c(C)nn1C)NN. The highest BCUT2D eigenvalue weighted by Gasteiger charge is 2.26. The minimum Gasteiger partial charge on any atom is -0.380 e. The molecule has 1 heterocycles. The van der Waals surface area contributed by atoms with E-state index in [-0.39, 0.29) is 12.1 Å². The summed E-state index contributed by atoms with van der Waals surface area (Å²) in [5, 5.41) is 4.39. The van der Waals surface area contributed by atoms with Crippen molar-refractivity contribution in [2.24, 2.45) is 18.8 Å². The predicted molar refractivity (Wildman–Crippen MR) is 76.1 cm³/mol. The number of hydrazine groups is 1. The van der Waals surface area contributed by atoms with E-state index in [4.69, 9.17) is 10.6 Å². The molecular weight excluding hydrogens is 296 g/mol. The molecule has 0 saturated heterocycles. The molecule has 0 aliphatic carbocycles. The van der Waals surface area contributed by atoms with Crippen LogP contribution in [0.15, 0.2) is 4.47 Å². The van der Waals surface area contributed by atoms with E-state index >= 15 is 0 Å². The molecule has 0 aliphatic heterocycles. The van der Waals surface area contributed by atoms with Gasteiger partial charge in [0.25, 0.3) is 0 Å². The first kappa shape index (κ1) is 15.6. The number of aromatic nitrogens is 2. The Hall–Kier alpha value is -0.430. The topological polar surface area (TPSA) is 65.1 Å². The lowest BCUT2D eigenvalue weighted by molar-refractivity contribution is 0.0327. The Bertz CT molecular complexity index is 392. The van der Waals surface area contributed by atoms with Crippen LogP contribution < -0.4 is 11.3 Å². The Labute approximate surface area is 117 Å². The molecule has 0 bridgehead atoms. The first-order valence-electron chi connectivity index (χ1n) is 6.09. The zero-order chi connectivity index (χ0) is 13.9. The van der Waals surface area contributed by atoms with Gasteiger partial charge in [0.15, 0.2) is 0 Å². The van der Waals surface area contributed by atoms with Crippen molar-refractivity contribution in [3.8, 4) is 0 Å². The maximum Gasteiger partial charge on any atom is 0.0764 e. The molecule has 6 heteroatoms. The largest absolute Gasteiger partial charge is 0.380 e. The molecule has 18 heavy (non-hydrogen) atoms. The molecular formula is C12H23BrN4O. The maximum atomic E-state index is 5.67. The van der Waals surface area contributed by atoms with Crippen LogP contribution in [-0.4, -0.2) is 29.0 Å². The number of nitrogens with two attached hydrogens (primary N) is 1. The van der Waals surface area contributed by atoms with Crippen molar-refractivity contribution in [1.82, 2.24) is 15.2 Å². The van der Waals surface area contributed by atoms with Crippen LogP contribution in [0.4, 0.5) is 0 Å². The zero-order valence-electron chi connectivity index (χ0n) is 11.7. The average molecular weight is 319 g/mol. The summed E-state index contributed by atoms with van der Waals surface area (Å²) >= 11 is 3.57. The van der Waals surface area contributed by atoms with Crippen LogP contribution in [0.5, 0.6) is 0 Å². The minimum absolute atomic E-state index is 0.0566. The molecule has 0 aromatic carbocycles. The Kier molecular flexibility index (Phi) is 5.78. The molecule has 0 spiro atoms. The highest BCUT2D eigenvalue weighted by Crippen LogP contribution is 2.23. The van der Waals surface area contributed by atoms with E-state index in [0.717, 1.165) is 22.3 Å². The fraction of sp³-hybridized carbons (Fsp3) is 0.750. The third-order valence-corrected chi connectivity index (χ3v) is 4.25. The molecule has 104 valence electrons. The van der Waals surface area contributed by atoms with Crippen molar-refractivity contribution in [2.45, 2.75) is 39.3 Å². The van der Waals surface area contributed by atoms with Crippen molar-refractivity contribution >= 4 is 15.9 Å². The lowest BCUT2D eigenvalue weighted by atomic mass is 9.96. The summed E-state index contributed by atoms with van der Waals surface area (Å²) in [6.07, 6.45) is 0.836. The van der Waals surface area contributed by atoms with Gasteiger partial charge in [0, 0.05) is 20.6 Å². The summed E-state index contributed by atoms with van der Waals surface area (Å²) in [5.74, 6) is 6.06. The molecule has 1 aromatic heterocycles. The number of aryl methyl sites for hydroxylation is 2. The van der Waals surface area contributed by atoms with E-state index < -0.39 is 0 Å². The van der Waals surface area contributed by atoms with Gasteiger partial charge >= 0.3 is 0 Å². The number of nitrogens with zero attached hydrogens (tertiary/aromatic N) is 2. The lowest BCUT2D eigenvalue weighted by Crippen LogP contribution is -2.48. The summed E-state index contributed by atoms with van der Waals surface area (Å²) in [4.78, 5) is 0. The average Bonchev–Trinajstić information content (AvgIpc) is 2.54. The van der Waals surface area contributed by atoms with Gasteiger partial charge < -0.3 is 4.74 Å². The second kappa shape index (κ2) is 6.65. The molecule has 1 rings (SSSR count). The molecule has 0 saturated carbocycles. The summed E-state index contributed by atoms with van der Waals surface area (Å²) < 4.78 is 8.47. The molecule has 2 atom stereocenters. The molecule has 1 aromatic rings. The van der Waals surface area contributed by atoms with Crippen molar-refractivity contribution in [3.05, 3.63) is 15.9 Å². The fourth-order valence-corrected chi connectivity index (χ4v) is 2.78. The van der Waals surface area contributed by atoms with E-state index in [1.54, 1.807) is 7.11 Å². The summed E-state index contributed by atoms with van der Waals surface area (Å²) in [7, 11) is 3.66. The number of methoxy groups -OCH3 is 1. The standard InChI is InChI=1S/C12H23BrN4O/c1-7(2)12(18-5)9(15-14)6-10-11(13)8(3)16-17(10)4/h7,9,12,15H,6,14H2,1-5H3. The highest BCUT2D eigenvalue weighted by molar-refractivity contribution is 9.10. The van der Waals surface area contributed by atoms with Crippen LogP contribution in [0.1, 0.15) is 25.2 Å². The summed E-state index contributed by atoms with van der Waals surface area (Å²) in [6.45, 7) is 6.23. The van der Waals surface area contributed by atoms with Crippen LogP contribution >= 0.6 is 15.9 Å². The van der Waals surface area contributed by atoms with Crippen LogP contribution in [0, 0.1) is 12.8 Å². The molecule has 2 unspecified atom stereocenters.